The first kappa shape index (κ1) is 16.0. The zero-order valence-electron chi connectivity index (χ0n) is 13.1. The van der Waals surface area contributed by atoms with Crippen LogP contribution in [0.25, 0.3) is 0 Å². The number of aliphatic hydroxyl groups is 1. The predicted octanol–water partition coefficient (Wildman–Crippen LogP) is 3.36. The third kappa shape index (κ3) is 4.09. The minimum absolute atomic E-state index is 0.0724. The van der Waals surface area contributed by atoms with Gasteiger partial charge in [0.2, 0.25) is 0 Å². The van der Waals surface area contributed by atoms with E-state index in [0.29, 0.717) is 6.61 Å². The van der Waals surface area contributed by atoms with Gasteiger partial charge in [-0.25, -0.2) is 4.39 Å². The lowest BCUT2D eigenvalue weighted by Crippen LogP contribution is -2.23. The molecule has 3 nitrogen and oxygen atoms in total. The summed E-state index contributed by atoms with van der Waals surface area (Å²) in [4.78, 5) is 0. The van der Waals surface area contributed by atoms with Crippen molar-refractivity contribution in [3.63, 3.8) is 0 Å². The molecule has 1 unspecified atom stereocenters. The van der Waals surface area contributed by atoms with E-state index in [0.717, 1.165) is 42.7 Å². The normalized spacial score (nSPS) is 17.2. The fraction of sp³-hybridized carbons (Fsp3) is 0.368. The molecular formula is C19H22FNO2. The van der Waals surface area contributed by atoms with E-state index in [2.05, 4.69) is 5.32 Å². The van der Waals surface area contributed by atoms with Crippen molar-refractivity contribution >= 4 is 0 Å². The summed E-state index contributed by atoms with van der Waals surface area (Å²) in [5.41, 5.74) is 3.06. The van der Waals surface area contributed by atoms with Gasteiger partial charge in [-0.05, 0) is 55.1 Å². The van der Waals surface area contributed by atoms with Gasteiger partial charge in [0, 0.05) is 11.6 Å². The van der Waals surface area contributed by atoms with Crippen LogP contribution in [0.15, 0.2) is 42.5 Å². The van der Waals surface area contributed by atoms with E-state index >= 15 is 0 Å². The number of ether oxygens (including phenoxy) is 1. The molecule has 4 heteroatoms. The van der Waals surface area contributed by atoms with Crippen LogP contribution in [-0.2, 0) is 13.0 Å². The standard InChI is InChI=1S/C19H22FNO2/c20-16-7-8-19-17(12-16)18(2-1-11-23-19)21-10-9-14-3-5-15(13-22)6-4-14/h3-8,12,18,21-22H,1-2,9-11,13H2. The molecule has 0 radical (unpaired) electrons. The van der Waals surface area contributed by atoms with Crippen molar-refractivity contribution < 1.29 is 14.2 Å². The molecule has 0 spiro atoms. The topological polar surface area (TPSA) is 41.5 Å². The van der Waals surface area contributed by atoms with Crippen molar-refractivity contribution in [3.05, 3.63) is 65.0 Å². The number of hydrogen-bond donors (Lipinski definition) is 2. The fourth-order valence-electron chi connectivity index (χ4n) is 2.96. The van der Waals surface area contributed by atoms with Gasteiger partial charge < -0.3 is 15.2 Å². The Kier molecular flexibility index (Phi) is 5.26. The van der Waals surface area contributed by atoms with Crippen molar-refractivity contribution in [2.45, 2.75) is 31.9 Å². The molecule has 1 atom stereocenters. The molecule has 2 aromatic rings. The van der Waals surface area contributed by atoms with Crippen LogP contribution in [0.2, 0.25) is 0 Å². The van der Waals surface area contributed by atoms with E-state index in [1.807, 2.05) is 24.3 Å². The van der Waals surface area contributed by atoms with Crippen LogP contribution in [0.5, 0.6) is 5.75 Å². The minimum atomic E-state index is -0.222. The largest absolute Gasteiger partial charge is 0.493 e. The van der Waals surface area contributed by atoms with Gasteiger partial charge in [0.05, 0.1) is 13.2 Å². The van der Waals surface area contributed by atoms with Crippen molar-refractivity contribution in [1.82, 2.24) is 5.32 Å². The highest BCUT2D eigenvalue weighted by atomic mass is 19.1. The van der Waals surface area contributed by atoms with E-state index in [4.69, 9.17) is 9.84 Å². The van der Waals surface area contributed by atoms with Crippen LogP contribution in [0.1, 0.15) is 35.6 Å². The Morgan fingerprint density at radius 2 is 1.91 bits per heavy atom. The molecule has 1 heterocycles. The van der Waals surface area contributed by atoms with Gasteiger partial charge in [-0.2, -0.15) is 0 Å². The molecule has 23 heavy (non-hydrogen) atoms. The van der Waals surface area contributed by atoms with E-state index in [-0.39, 0.29) is 18.5 Å². The molecular weight excluding hydrogens is 293 g/mol. The Morgan fingerprint density at radius 3 is 2.70 bits per heavy atom. The fourth-order valence-corrected chi connectivity index (χ4v) is 2.96. The second-order valence-corrected chi connectivity index (χ2v) is 5.90. The number of rotatable bonds is 5. The van der Waals surface area contributed by atoms with Crippen LogP contribution in [0, 0.1) is 5.82 Å². The second kappa shape index (κ2) is 7.57. The van der Waals surface area contributed by atoms with Gasteiger partial charge >= 0.3 is 0 Å². The molecule has 0 fully saturated rings. The maximum absolute atomic E-state index is 13.6. The number of nitrogens with one attached hydrogen (secondary N) is 1. The third-order valence-electron chi connectivity index (χ3n) is 4.25. The second-order valence-electron chi connectivity index (χ2n) is 5.90. The molecule has 2 N–H and O–H groups in total. The highest BCUT2D eigenvalue weighted by Crippen LogP contribution is 2.31. The van der Waals surface area contributed by atoms with E-state index in [1.165, 1.54) is 11.6 Å². The van der Waals surface area contributed by atoms with Crippen molar-refractivity contribution in [1.29, 1.82) is 0 Å². The average molecular weight is 315 g/mol. The lowest BCUT2D eigenvalue weighted by atomic mass is 10.0. The summed E-state index contributed by atoms with van der Waals surface area (Å²) in [6.45, 7) is 1.57. The van der Waals surface area contributed by atoms with Gasteiger partial charge in [0.15, 0.2) is 0 Å². The smallest absolute Gasteiger partial charge is 0.124 e. The first-order valence-corrected chi connectivity index (χ1v) is 8.10. The summed E-state index contributed by atoms with van der Waals surface area (Å²) < 4.78 is 19.2. The highest BCUT2D eigenvalue weighted by Gasteiger charge is 2.19. The van der Waals surface area contributed by atoms with Gasteiger partial charge in [-0.15, -0.1) is 0 Å². The first-order valence-electron chi connectivity index (χ1n) is 8.10. The van der Waals surface area contributed by atoms with Crippen molar-refractivity contribution in [2.24, 2.45) is 0 Å². The predicted molar refractivity (Wildman–Crippen MR) is 87.9 cm³/mol. The third-order valence-corrected chi connectivity index (χ3v) is 4.25. The molecule has 0 saturated heterocycles. The van der Waals surface area contributed by atoms with Crippen molar-refractivity contribution in [2.75, 3.05) is 13.2 Å². The van der Waals surface area contributed by atoms with Crippen LogP contribution < -0.4 is 10.1 Å². The first-order chi connectivity index (χ1) is 11.3. The maximum atomic E-state index is 13.6. The number of hydrogen-bond acceptors (Lipinski definition) is 3. The van der Waals surface area contributed by atoms with Gasteiger partial charge in [-0.1, -0.05) is 24.3 Å². The molecule has 3 rings (SSSR count). The van der Waals surface area contributed by atoms with E-state index < -0.39 is 0 Å². The lowest BCUT2D eigenvalue weighted by Gasteiger charge is -2.18. The van der Waals surface area contributed by atoms with Gasteiger partial charge in [-0.3, -0.25) is 0 Å². The SMILES string of the molecule is OCc1ccc(CCNC2CCCOc3ccc(F)cc32)cc1. The summed E-state index contributed by atoms with van der Waals surface area (Å²) in [6.07, 6.45) is 2.80. The minimum Gasteiger partial charge on any atom is -0.493 e. The molecule has 0 aromatic heterocycles. The zero-order chi connectivity index (χ0) is 16.1. The van der Waals surface area contributed by atoms with E-state index in [1.54, 1.807) is 12.1 Å². The Balaban J connectivity index is 1.62. The Bertz CT molecular complexity index is 642. The Labute approximate surface area is 136 Å². The molecule has 0 saturated carbocycles. The average Bonchev–Trinajstić information content (AvgIpc) is 2.78. The monoisotopic (exact) mass is 315 g/mol. The number of fused-ring (bicyclic) bond motifs is 1. The van der Waals surface area contributed by atoms with Crippen LogP contribution >= 0.6 is 0 Å². The molecule has 0 aliphatic carbocycles. The molecule has 122 valence electrons. The molecule has 0 amide bonds. The molecule has 0 bridgehead atoms. The summed E-state index contributed by atoms with van der Waals surface area (Å²) in [5, 5.41) is 12.6. The maximum Gasteiger partial charge on any atom is 0.124 e. The van der Waals surface area contributed by atoms with Crippen LogP contribution in [0.4, 0.5) is 4.39 Å². The molecule has 2 aromatic carbocycles. The number of benzene rings is 2. The van der Waals surface area contributed by atoms with E-state index in [9.17, 15) is 4.39 Å². The number of aliphatic hydroxyl groups excluding tert-OH is 1. The molecule has 1 aliphatic heterocycles. The highest BCUT2D eigenvalue weighted by molar-refractivity contribution is 5.37. The lowest BCUT2D eigenvalue weighted by molar-refractivity contribution is 0.282. The number of halogens is 1. The zero-order valence-corrected chi connectivity index (χ0v) is 13.1. The van der Waals surface area contributed by atoms with Crippen LogP contribution in [0.3, 0.4) is 0 Å². The van der Waals surface area contributed by atoms with Gasteiger partial charge in [0.25, 0.3) is 0 Å². The Morgan fingerprint density at radius 1 is 1.13 bits per heavy atom. The quantitative estimate of drug-likeness (QED) is 0.889. The van der Waals surface area contributed by atoms with Gasteiger partial charge in [0.1, 0.15) is 11.6 Å². The summed E-state index contributed by atoms with van der Waals surface area (Å²) in [5.74, 6) is 0.564. The summed E-state index contributed by atoms with van der Waals surface area (Å²) in [7, 11) is 0. The Hall–Kier alpha value is -1.91. The summed E-state index contributed by atoms with van der Waals surface area (Å²) >= 11 is 0. The molecule has 1 aliphatic rings. The van der Waals surface area contributed by atoms with Crippen LogP contribution in [-0.4, -0.2) is 18.3 Å². The summed E-state index contributed by atoms with van der Waals surface area (Å²) in [6, 6.07) is 12.8. The van der Waals surface area contributed by atoms with Crippen molar-refractivity contribution in [3.8, 4) is 5.75 Å².